The molecule has 0 amide bonds. The van der Waals surface area contributed by atoms with Gasteiger partial charge in [0, 0.05) is 6.42 Å². The predicted octanol–water partition coefficient (Wildman–Crippen LogP) is 6.72. The molecule has 0 bridgehead atoms. The van der Waals surface area contributed by atoms with Gasteiger partial charge in [0.25, 0.3) is 0 Å². The van der Waals surface area contributed by atoms with Gasteiger partial charge in [-0.3, -0.25) is 4.55 Å². The lowest BCUT2D eigenvalue weighted by molar-refractivity contribution is 0.0395. The van der Waals surface area contributed by atoms with Crippen LogP contribution in [0.25, 0.3) is 0 Å². The number of benzene rings is 1. The molecular weight excluding hydrogens is 456 g/mol. The zero-order chi connectivity index (χ0) is 25.2. The van der Waals surface area contributed by atoms with Crippen LogP contribution in [-0.2, 0) is 19.6 Å². The lowest BCUT2D eigenvalue weighted by Crippen LogP contribution is -2.27. The van der Waals surface area contributed by atoms with E-state index in [-0.39, 0.29) is 24.2 Å². The first-order chi connectivity index (χ1) is 16.3. The van der Waals surface area contributed by atoms with Crippen molar-refractivity contribution in [3.8, 4) is 0 Å². The first-order valence-corrected chi connectivity index (χ1v) is 14.2. The van der Waals surface area contributed by atoms with Gasteiger partial charge in [-0.15, -0.1) is 0 Å². The van der Waals surface area contributed by atoms with Crippen LogP contribution in [-0.4, -0.2) is 37.0 Å². The Hall–Kier alpha value is -1.93. The summed E-state index contributed by atoms with van der Waals surface area (Å²) in [6.45, 7) is 4.19. The molecule has 0 heterocycles. The number of unbranched alkanes of at least 4 members (excludes halogenated alkanes) is 11. The summed E-state index contributed by atoms with van der Waals surface area (Å²) in [5.41, 5.74) is -1.75. The lowest BCUT2D eigenvalue weighted by Gasteiger charge is -2.15. The number of carbonyl (C=O) groups excluding carboxylic acids is 2. The van der Waals surface area contributed by atoms with E-state index in [9.17, 15) is 22.6 Å². The van der Waals surface area contributed by atoms with Crippen molar-refractivity contribution in [3.63, 3.8) is 0 Å². The number of rotatable bonds is 19. The molecule has 1 aromatic rings. The number of hydrogen-bond acceptors (Lipinski definition) is 6. The smallest absolute Gasteiger partial charge is 0.340 e. The first kappa shape index (κ1) is 30.1. The van der Waals surface area contributed by atoms with Crippen LogP contribution in [0.2, 0.25) is 0 Å². The van der Waals surface area contributed by atoms with Crippen molar-refractivity contribution >= 4 is 22.1 Å². The fraction of sp³-hybridized carbons (Fsp3) is 0.692. The van der Waals surface area contributed by atoms with Crippen molar-refractivity contribution in [2.45, 2.75) is 109 Å². The molecule has 0 spiro atoms. The summed E-state index contributed by atoms with van der Waals surface area (Å²) in [5.74, 6) is -1.65. The molecule has 0 aliphatic heterocycles. The maximum atomic E-state index is 12.5. The molecule has 7 nitrogen and oxygen atoms in total. The van der Waals surface area contributed by atoms with Gasteiger partial charge in [-0.25, -0.2) is 9.59 Å². The zero-order valence-electron chi connectivity index (χ0n) is 20.8. The topological polar surface area (TPSA) is 107 Å². The Kier molecular flexibility index (Phi) is 15.5. The maximum Gasteiger partial charge on any atom is 0.340 e. The molecule has 1 atom stereocenters. The fourth-order valence-corrected chi connectivity index (χ4v) is 4.45. The summed E-state index contributed by atoms with van der Waals surface area (Å²) < 4.78 is 42.4. The summed E-state index contributed by atoms with van der Waals surface area (Å²) in [4.78, 5) is 25.0. The number of ether oxygens (including phenoxy) is 2. The van der Waals surface area contributed by atoms with Gasteiger partial charge in [-0.2, -0.15) is 8.42 Å². The van der Waals surface area contributed by atoms with E-state index in [0.717, 1.165) is 19.3 Å². The average Bonchev–Trinajstić information content (AvgIpc) is 2.81. The van der Waals surface area contributed by atoms with Gasteiger partial charge < -0.3 is 9.47 Å². The summed E-state index contributed by atoms with van der Waals surface area (Å²) >= 11 is 0. The summed E-state index contributed by atoms with van der Waals surface area (Å²) in [7, 11) is -4.56. The zero-order valence-corrected chi connectivity index (χ0v) is 21.6. The monoisotopic (exact) mass is 498 g/mol. The van der Waals surface area contributed by atoms with E-state index in [4.69, 9.17) is 9.47 Å². The molecule has 194 valence electrons. The summed E-state index contributed by atoms with van der Waals surface area (Å²) in [6, 6.07) is 5.93. The maximum absolute atomic E-state index is 12.5. The Morgan fingerprint density at radius 1 is 0.765 bits per heavy atom. The molecular formula is C26H42O7S. The molecule has 0 saturated carbocycles. The van der Waals surface area contributed by atoms with Crippen LogP contribution in [0.4, 0.5) is 0 Å². The Morgan fingerprint density at radius 2 is 1.24 bits per heavy atom. The Bertz CT molecular complexity index is 820. The normalized spacial score (nSPS) is 12.3. The van der Waals surface area contributed by atoms with Crippen LogP contribution in [0.5, 0.6) is 0 Å². The van der Waals surface area contributed by atoms with Gasteiger partial charge in [0.05, 0.1) is 17.7 Å². The minimum absolute atomic E-state index is 0.0111. The van der Waals surface area contributed by atoms with Gasteiger partial charge in [0.1, 0.15) is 0 Å². The minimum Gasteiger partial charge on any atom is -0.462 e. The molecule has 0 aromatic heterocycles. The third-order valence-electron chi connectivity index (χ3n) is 5.69. The quantitative estimate of drug-likeness (QED) is 0.128. The molecule has 1 rings (SSSR count). The first-order valence-electron chi connectivity index (χ1n) is 12.7. The van der Waals surface area contributed by atoms with Gasteiger partial charge in [-0.1, -0.05) is 103 Å². The highest BCUT2D eigenvalue weighted by atomic mass is 32.2. The third-order valence-corrected chi connectivity index (χ3v) is 6.69. The minimum atomic E-state index is -4.56. The molecule has 34 heavy (non-hydrogen) atoms. The van der Waals surface area contributed by atoms with Crippen molar-refractivity contribution in [2.24, 2.45) is 0 Å². The van der Waals surface area contributed by atoms with E-state index in [2.05, 4.69) is 6.92 Å². The summed E-state index contributed by atoms with van der Waals surface area (Å²) in [6.07, 6.45) is 14.8. The molecule has 1 aromatic carbocycles. The predicted molar refractivity (Wildman–Crippen MR) is 133 cm³/mol. The Labute approximate surface area is 205 Å². The Balaban J connectivity index is 2.35. The van der Waals surface area contributed by atoms with Crippen molar-refractivity contribution in [1.82, 2.24) is 0 Å². The van der Waals surface area contributed by atoms with E-state index in [1.54, 1.807) is 19.1 Å². The van der Waals surface area contributed by atoms with E-state index in [0.29, 0.717) is 6.42 Å². The lowest BCUT2D eigenvalue weighted by atomic mass is 10.1. The van der Waals surface area contributed by atoms with Gasteiger partial charge in [0.2, 0.25) is 5.44 Å². The van der Waals surface area contributed by atoms with E-state index in [1.807, 2.05) is 0 Å². The van der Waals surface area contributed by atoms with Gasteiger partial charge in [-0.05, 0) is 18.6 Å². The van der Waals surface area contributed by atoms with Crippen LogP contribution >= 0.6 is 0 Å². The third kappa shape index (κ3) is 12.5. The molecule has 1 N–H and O–H groups in total. The van der Waals surface area contributed by atoms with E-state index < -0.39 is 27.5 Å². The average molecular weight is 499 g/mol. The van der Waals surface area contributed by atoms with Crippen LogP contribution < -0.4 is 0 Å². The number of esters is 2. The van der Waals surface area contributed by atoms with Crippen molar-refractivity contribution < 1.29 is 32.0 Å². The molecule has 0 fully saturated rings. The van der Waals surface area contributed by atoms with Gasteiger partial charge >= 0.3 is 22.1 Å². The highest BCUT2D eigenvalue weighted by Crippen LogP contribution is 2.17. The van der Waals surface area contributed by atoms with Gasteiger partial charge in [0.15, 0.2) is 0 Å². The standard InChI is InChI=1S/C26H42O7S/c1-3-5-6-7-8-9-10-11-12-13-14-17-21-32-25(27)22-19-15-16-20-23(22)26(28)33-24(18-4-2)34(29,30)31/h15-16,19-20,24H,3-14,17-18,21H2,1-2H3,(H,29,30,31). The second-order valence-corrected chi connectivity index (χ2v) is 10.3. The number of carbonyl (C=O) groups is 2. The highest BCUT2D eigenvalue weighted by Gasteiger charge is 2.28. The van der Waals surface area contributed by atoms with Crippen LogP contribution in [0, 0.1) is 0 Å². The fourth-order valence-electron chi connectivity index (χ4n) is 3.71. The Morgan fingerprint density at radius 3 is 1.71 bits per heavy atom. The van der Waals surface area contributed by atoms with Crippen LogP contribution in [0.3, 0.4) is 0 Å². The van der Waals surface area contributed by atoms with Crippen molar-refractivity contribution in [3.05, 3.63) is 35.4 Å². The summed E-state index contributed by atoms with van der Waals surface area (Å²) in [5, 5.41) is 0. The van der Waals surface area contributed by atoms with Crippen molar-refractivity contribution in [1.29, 1.82) is 0 Å². The molecule has 0 saturated heterocycles. The molecule has 8 heteroatoms. The number of hydrogen-bond donors (Lipinski definition) is 1. The second kappa shape index (κ2) is 17.5. The molecule has 1 unspecified atom stereocenters. The SMILES string of the molecule is CCCCCCCCCCCCCCOC(=O)c1ccccc1C(=O)OC(CCC)S(=O)(=O)O. The van der Waals surface area contributed by atoms with Crippen LogP contribution in [0.1, 0.15) is 124 Å². The molecule has 0 aliphatic carbocycles. The highest BCUT2D eigenvalue weighted by molar-refractivity contribution is 7.86. The molecule has 0 radical (unpaired) electrons. The largest absolute Gasteiger partial charge is 0.462 e. The molecule has 0 aliphatic rings. The van der Waals surface area contributed by atoms with Crippen molar-refractivity contribution in [2.75, 3.05) is 6.61 Å². The van der Waals surface area contributed by atoms with E-state index in [1.165, 1.54) is 69.9 Å². The van der Waals surface area contributed by atoms with Crippen LogP contribution in [0.15, 0.2) is 24.3 Å². The van der Waals surface area contributed by atoms with E-state index >= 15 is 0 Å². The second-order valence-electron chi connectivity index (χ2n) is 8.71.